The SMILES string of the molecule is CC1(C)C(/C=C/C2=C(Oc3ccc(CC[NH+]=[N-])cc3)C(=C/C=C3/N(CCC[N+](C)(C)C)c4ccc(S(=O)(=O)[O-])cc4C3(C)C)/CCC2)=[N+](CCC[N+](C)(C)C)c2ccc(S(=O)(=O)[O-])cc21. The smallest absolute Gasteiger partial charge is 0.209 e. The number of hydrogen-bond acceptors (Lipinski definition) is 8. The zero-order valence-electron chi connectivity index (χ0n) is 39.8. The molecule has 3 aliphatic rings. The van der Waals surface area contributed by atoms with Gasteiger partial charge in [-0.05, 0) is 110 Å². The van der Waals surface area contributed by atoms with Gasteiger partial charge in [-0.1, -0.05) is 32.1 Å². The molecule has 0 amide bonds. The zero-order valence-corrected chi connectivity index (χ0v) is 41.4. The summed E-state index contributed by atoms with van der Waals surface area (Å²) in [6.07, 6.45) is 13.2. The molecular formula is C50H67N6O7S2+. The largest absolute Gasteiger partial charge is 0.744 e. The Bertz CT molecular complexity index is 2700. The lowest BCUT2D eigenvalue weighted by Gasteiger charge is -2.29. The van der Waals surface area contributed by atoms with Crippen molar-refractivity contribution >= 4 is 37.3 Å². The first kappa shape index (κ1) is 49.7. The van der Waals surface area contributed by atoms with Crippen molar-refractivity contribution in [3.05, 3.63) is 130 Å². The molecule has 350 valence electrons. The van der Waals surface area contributed by atoms with Crippen molar-refractivity contribution in [2.45, 2.75) is 86.8 Å². The minimum absolute atomic E-state index is 0.245. The minimum atomic E-state index is -4.67. The van der Waals surface area contributed by atoms with Crippen LogP contribution in [0.4, 0.5) is 11.4 Å². The molecule has 1 aliphatic carbocycles. The van der Waals surface area contributed by atoms with Gasteiger partial charge >= 0.3 is 0 Å². The lowest BCUT2D eigenvalue weighted by molar-refractivity contribution is -0.871. The maximum atomic E-state index is 12.2. The Kier molecular flexibility index (Phi) is 14.4. The van der Waals surface area contributed by atoms with Crippen LogP contribution in [0.25, 0.3) is 5.53 Å². The van der Waals surface area contributed by atoms with E-state index in [1.165, 1.54) is 24.3 Å². The highest BCUT2D eigenvalue weighted by molar-refractivity contribution is 7.86. The van der Waals surface area contributed by atoms with Gasteiger partial charge in [-0.25, -0.2) is 16.8 Å². The van der Waals surface area contributed by atoms with Crippen LogP contribution in [0.5, 0.6) is 5.75 Å². The minimum Gasteiger partial charge on any atom is -0.744 e. The number of benzene rings is 3. The molecule has 0 aromatic heterocycles. The van der Waals surface area contributed by atoms with Crippen molar-refractivity contribution in [1.29, 1.82) is 0 Å². The van der Waals surface area contributed by atoms with Crippen LogP contribution in [-0.2, 0) is 37.5 Å². The van der Waals surface area contributed by atoms with Crippen LogP contribution in [0.3, 0.4) is 0 Å². The summed E-state index contributed by atoms with van der Waals surface area (Å²) in [5.41, 5.74) is 16.2. The van der Waals surface area contributed by atoms with Crippen molar-refractivity contribution in [2.24, 2.45) is 0 Å². The van der Waals surface area contributed by atoms with Gasteiger partial charge in [-0.15, -0.1) is 0 Å². The molecule has 0 atom stereocenters. The number of fused-ring (bicyclic) bond motifs is 2. The highest BCUT2D eigenvalue weighted by Gasteiger charge is 2.45. The summed E-state index contributed by atoms with van der Waals surface area (Å²) in [7, 11) is 3.60. The van der Waals surface area contributed by atoms with Crippen LogP contribution in [0.1, 0.15) is 76.5 Å². The van der Waals surface area contributed by atoms with E-state index in [1.807, 2.05) is 24.3 Å². The lowest BCUT2D eigenvalue weighted by Crippen LogP contribution is -2.63. The molecule has 0 saturated carbocycles. The average Bonchev–Trinajstić information content (AvgIpc) is 3.55. The molecule has 3 aromatic carbocycles. The maximum Gasteiger partial charge on any atom is 0.209 e. The van der Waals surface area contributed by atoms with E-state index in [1.54, 1.807) is 12.1 Å². The fourth-order valence-electron chi connectivity index (χ4n) is 9.26. The molecule has 6 rings (SSSR count). The van der Waals surface area contributed by atoms with Crippen LogP contribution in [0.15, 0.2) is 117 Å². The summed E-state index contributed by atoms with van der Waals surface area (Å²) in [6.45, 7) is 11.9. The molecule has 1 N–H and O–H groups in total. The highest BCUT2D eigenvalue weighted by Crippen LogP contribution is 2.49. The quantitative estimate of drug-likeness (QED) is 0.0664. The van der Waals surface area contributed by atoms with E-state index in [0.29, 0.717) is 31.8 Å². The third kappa shape index (κ3) is 11.6. The van der Waals surface area contributed by atoms with Gasteiger partial charge in [0.2, 0.25) is 5.69 Å². The van der Waals surface area contributed by atoms with Gasteiger partial charge < -0.3 is 38.4 Å². The number of hydrogen-bond donors (Lipinski definition) is 1. The van der Waals surface area contributed by atoms with Crippen LogP contribution in [-0.4, -0.2) is 120 Å². The van der Waals surface area contributed by atoms with Crippen LogP contribution < -0.4 is 14.8 Å². The van der Waals surface area contributed by atoms with Gasteiger partial charge in [-0.3, -0.25) is 0 Å². The first-order valence-corrected chi connectivity index (χ1v) is 25.2. The molecule has 0 fully saturated rings. The second-order valence-corrected chi connectivity index (χ2v) is 23.4. The van der Waals surface area contributed by atoms with Gasteiger partial charge in [0.05, 0.1) is 77.0 Å². The van der Waals surface area contributed by atoms with E-state index < -0.39 is 31.1 Å². The molecule has 0 bridgehead atoms. The Hall–Kier alpha value is -4.77. The van der Waals surface area contributed by atoms with Crippen LogP contribution in [0.2, 0.25) is 0 Å². The van der Waals surface area contributed by atoms with Gasteiger partial charge in [0.25, 0.3) is 0 Å². The number of anilines is 1. The number of ether oxygens (including phenoxy) is 1. The molecule has 3 aromatic rings. The molecule has 0 saturated heterocycles. The second kappa shape index (κ2) is 18.8. The molecule has 13 nitrogen and oxygen atoms in total. The average molecular weight is 928 g/mol. The zero-order chi connectivity index (χ0) is 47.8. The molecule has 0 spiro atoms. The predicted octanol–water partition coefficient (Wildman–Crippen LogP) is 6.39. The molecular weight excluding hydrogens is 861 g/mol. The van der Waals surface area contributed by atoms with E-state index in [2.05, 4.69) is 109 Å². The third-order valence-corrected chi connectivity index (χ3v) is 14.4. The van der Waals surface area contributed by atoms with Crippen molar-refractivity contribution in [3.63, 3.8) is 0 Å². The Labute approximate surface area is 387 Å². The number of quaternary nitrogens is 2. The molecule has 0 unspecified atom stereocenters. The second-order valence-electron chi connectivity index (χ2n) is 20.6. The fraction of sp³-hybridized carbons (Fsp3) is 0.460. The number of nitrogens with zero attached hydrogens (tertiary/aromatic N) is 5. The highest BCUT2D eigenvalue weighted by atomic mass is 32.2. The summed E-state index contributed by atoms with van der Waals surface area (Å²) >= 11 is 0. The summed E-state index contributed by atoms with van der Waals surface area (Å²) in [4.78, 5) is 1.76. The van der Waals surface area contributed by atoms with Gasteiger partial charge in [0.15, 0.2) is 12.3 Å². The van der Waals surface area contributed by atoms with E-state index in [4.69, 9.17) is 4.74 Å². The van der Waals surface area contributed by atoms with Gasteiger partial charge in [0.1, 0.15) is 38.3 Å². The van der Waals surface area contributed by atoms with Gasteiger partial charge in [-0.2, -0.15) is 4.58 Å². The number of nitrogens with one attached hydrogen (secondary N) is 1. The molecule has 2 aliphatic heterocycles. The van der Waals surface area contributed by atoms with Gasteiger partial charge in [0, 0.05) is 53.9 Å². The summed E-state index contributed by atoms with van der Waals surface area (Å²) in [6, 6.07) is 17.2. The normalized spacial score (nSPS) is 18.9. The monoisotopic (exact) mass is 927 g/mol. The summed E-state index contributed by atoms with van der Waals surface area (Å²) < 4.78 is 84.0. The number of allylic oxidation sites excluding steroid dienone is 7. The first-order chi connectivity index (χ1) is 30.2. The Morgan fingerprint density at radius 1 is 0.785 bits per heavy atom. The Morgan fingerprint density at radius 3 is 2.02 bits per heavy atom. The Morgan fingerprint density at radius 2 is 1.40 bits per heavy atom. The van der Waals surface area contributed by atoms with E-state index in [-0.39, 0.29) is 9.79 Å². The van der Waals surface area contributed by atoms with Crippen molar-refractivity contribution < 1.29 is 49.3 Å². The van der Waals surface area contributed by atoms with E-state index >= 15 is 0 Å². The van der Waals surface area contributed by atoms with E-state index in [9.17, 15) is 31.5 Å². The standard InChI is InChI=1S/C50H67N6O7S2/c1-49(2)42-34-40(64(57,58)59)22-24-44(42)53(30-12-32-55(5,6)7)46(49)26-18-37-14-11-15-38(48(37)63-39-20-16-36(17-21-39)28-29-52-51)19-27-47-50(3,4)43-35-41(65(60,61)62)23-25-45(43)54(47)31-13-33-56(8,9)10/h16-27,34-35,52H,11-15,28-33H2,1-10H3/q+1. The van der Waals surface area contributed by atoms with Crippen molar-refractivity contribution in [1.82, 2.24) is 0 Å². The fourth-order valence-corrected chi connectivity index (χ4v) is 10.3. The van der Waals surface area contributed by atoms with Crippen molar-refractivity contribution in [3.8, 4) is 5.75 Å². The Balaban J connectivity index is 1.48. The predicted molar refractivity (Wildman–Crippen MR) is 253 cm³/mol. The third-order valence-electron chi connectivity index (χ3n) is 12.8. The van der Waals surface area contributed by atoms with Crippen LogP contribution >= 0.6 is 0 Å². The van der Waals surface area contributed by atoms with Crippen LogP contribution in [0, 0.1) is 0 Å². The molecule has 2 heterocycles. The van der Waals surface area contributed by atoms with E-state index in [0.717, 1.165) is 111 Å². The lowest BCUT2D eigenvalue weighted by atomic mass is 9.81. The van der Waals surface area contributed by atoms with Crippen molar-refractivity contribution in [2.75, 3.05) is 79.9 Å². The summed E-state index contributed by atoms with van der Waals surface area (Å²) in [5.74, 6) is 1.38. The molecule has 0 radical (unpaired) electrons. The maximum absolute atomic E-state index is 12.2. The summed E-state index contributed by atoms with van der Waals surface area (Å²) in [5, 5.41) is 2.21. The molecule has 65 heavy (non-hydrogen) atoms. The number of rotatable bonds is 18. The first-order valence-electron chi connectivity index (χ1n) is 22.4. The topological polar surface area (TPSA) is 166 Å². The molecule has 15 heteroatoms.